The van der Waals surface area contributed by atoms with E-state index >= 15 is 0 Å². The van der Waals surface area contributed by atoms with Gasteiger partial charge in [-0.3, -0.25) is 0 Å². The van der Waals surface area contributed by atoms with E-state index in [1.807, 2.05) is 0 Å². The molecule has 0 unspecified atom stereocenters. The van der Waals surface area contributed by atoms with Crippen molar-refractivity contribution in [1.29, 1.82) is 0 Å². The number of halogens is 5. The average molecular weight is 429 g/mol. The summed E-state index contributed by atoms with van der Waals surface area (Å²) in [7, 11) is 0. The van der Waals surface area contributed by atoms with E-state index in [0.29, 0.717) is 11.5 Å². The lowest BCUT2D eigenvalue weighted by molar-refractivity contribution is -0.142. The molecule has 0 saturated heterocycles. The second-order valence-corrected chi connectivity index (χ2v) is 9.27. The van der Waals surface area contributed by atoms with Gasteiger partial charge in [0.25, 0.3) is 0 Å². The Labute approximate surface area is 176 Å². The zero-order chi connectivity index (χ0) is 21.7. The standard InChI is InChI=1S/C25H33F5/c1-2-3-4-17-5-7-18(8-6-17)9-10-19-11-13-20(14-12-19)21-15-22(26)24(23(27)16-21)25(28,29)30/h3-4,15-20H,2,5-14H2,1H3/b4-3+. The predicted octanol–water partition coefficient (Wildman–Crippen LogP) is 8.81. The fraction of sp³-hybridized carbons (Fsp3) is 0.680. The Bertz CT molecular complexity index is 682. The third kappa shape index (κ3) is 6.07. The summed E-state index contributed by atoms with van der Waals surface area (Å²) in [6.07, 6.45) is 12.0. The van der Waals surface area contributed by atoms with E-state index in [-0.39, 0.29) is 5.92 Å². The highest BCUT2D eigenvalue weighted by Crippen LogP contribution is 2.42. The second kappa shape index (κ2) is 10.3. The van der Waals surface area contributed by atoms with Crippen LogP contribution in [-0.2, 0) is 6.18 Å². The Kier molecular flexibility index (Phi) is 7.98. The monoisotopic (exact) mass is 428 g/mol. The summed E-state index contributed by atoms with van der Waals surface area (Å²) in [5, 5.41) is 0. The minimum absolute atomic E-state index is 0.0478. The number of alkyl halides is 3. The van der Waals surface area contributed by atoms with Gasteiger partial charge in [-0.2, -0.15) is 13.2 Å². The maximum Gasteiger partial charge on any atom is 0.422 e. The smallest absolute Gasteiger partial charge is 0.206 e. The molecule has 0 heterocycles. The molecule has 2 aliphatic carbocycles. The van der Waals surface area contributed by atoms with Gasteiger partial charge in [0.1, 0.15) is 17.2 Å². The van der Waals surface area contributed by atoms with E-state index in [4.69, 9.17) is 0 Å². The molecule has 0 amide bonds. The molecule has 2 fully saturated rings. The Morgan fingerprint density at radius 3 is 1.80 bits per heavy atom. The van der Waals surface area contributed by atoms with Crippen LogP contribution in [0.25, 0.3) is 0 Å². The van der Waals surface area contributed by atoms with Crippen LogP contribution in [0.4, 0.5) is 22.0 Å². The fourth-order valence-electron chi connectivity index (χ4n) is 5.35. The quantitative estimate of drug-likeness (QED) is 0.314. The van der Waals surface area contributed by atoms with Gasteiger partial charge < -0.3 is 0 Å². The van der Waals surface area contributed by atoms with Crippen molar-refractivity contribution in [1.82, 2.24) is 0 Å². The molecule has 2 aliphatic rings. The van der Waals surface area contributed by atoms with Crippen LogP contribution in [-0.4, -0.2) is 0 Å². The van der Waals surface area contributed by atoms with Crippen molar-refractivity contribution in [2.45, 2.75) is 89.6 Å². The molecule has 0 aliphatic heterocycles. The first-order chi connectivity index (χ1) is 14.3. The molecule has 0 N–H and O–H groups in total. The summed E-state index contributed by atoms with van der Waals surface area (Å²) in [5.74, 6) is -0.849. The SMILES string of the molecule is CC/C=C/C1CCC(CCC2CCC(c3cc(F)c(C(F)(F)F)c(F)c3)CC2)CC1. The number of rotatable bonds is 6. The minimum atomic E-state index is -5.00. The Balaban J connectivity index is 1.45. The molecule has 2 saturated carbocycles. The predicted molar refractivity (Wildman–Crippen MR) is 110 cm³/mol. The van der Waals surface area contributed by atoms with Crippen molar-refractivity contribution < 1.29 is 22.0 Å². The highest BCUT2D eigenvalue weighted by Gasteiger charge is 2.38. The molecule has 0 spiro atoms. The normalized spacial score (nSPS) is 28.2. The van der Waals surface area contributed by atoms with Crippen LogP contribution in [0.3, 0.4) is 0 Å². The van der Waals surface area contributed by atoms with Gasteiger partial charge in [-0.15, -0.1) is 0 Å². The van der Waals surface area contributed by atoms with Crippen molar-refractivity contribution >= 4 is 0 Å². The van der Waals surface area contributed by atoms with Gasteiger partial charge in [0.05, 0.1) is 0 Å². The molecule has 168 valence electrons. The van der Waals surface area contributed by atoms with Gasteiger partial charge in [-0.25, -0.2) is 8.78 Å². The van der Waals surface area contributed by atoms with Crippen molar-refractivity contribution in [3.8, 4) is 0 Å². The van der Waals surface area contributed by atoms with E-state index < -0.39 is 23.4 Å². The number of allylic oxidation sites excluding steroid dienone is 2. The molecule has 0 bridgehead atoms. The maximum atomic E-state index is 13.9. The Morgan fingerprint density at radius 1 is 0.833 bits per heavy atom. The zero-order valence-corrected chi connectivity index (χ0v) is 17.8. The molecule has 0 atom stereocenters. The van der Waals surface area contributed by atoms with Crippen LogP contribution in [0.2, 0.25) is 0 Å². The van der Waals surface area contributed by atoms with Crippen molar-refractivity contribution in [2.75, 3.05) is 0 Å². The van der Waals surface area contributed by atoms with Gasteiger partial charge in [-0.1, -0.05) is 31.9 Å². The van der Waals surface area contributed by atoms with E-state index in [1.54, 1.807) is 0 Å². The summed E-state index contributed by atoms with van der Waals surface area (Å²) in [6.45, 7) is 2.17. The summed E-state index contributed by atoms with van der Waals surface area (Å²) in [5.41, 5.74) is -1.41. The molecular formula is C25H33F5. The van der Waals surface area contributed by atoms with Gasteiger partial charge in [0.15, 0.2) is 0 Å². The number of benzene rings is 1. The summed E-state index contributed by atoms with van der Waals surface area (Å²) < 4.78 is 66.1. The fourth-order valence-corrected chi connectivity index (χ4v) is 5.35. The second-order valence-electron chi connectivity index (χ2n) is 9.27. The lowest BCUT2D eigenvalue weighted by Gasteiger charge is -2.31. The Hall–Kier alpha value is -1.39. The molecule has 0 aromatic heterocycles. The molecule has 1 aromatic rings. The molecule has 0 nitrogen and oxygen atoms in total. The first kappa shape index (κ1) is 23.3. The van der Waals surface area contributed by atoms with Gasteiger partial charge in [-0.05, 0) is 99.2 Å². The zero-order valence-electron chi connectivity index (χ0n) is 17.8. The van der Waals surface area contributed by atoms with Crippen LogP contribution < -0.4 is 0 Å². The highest BCUT2D eigenvalue weighted by molar-refractivity contribution is 5.30. The van der Waals surface area contributed by atoms with E-state index in [2.05, 4.69) is 19.1 Å². The lowest BCUT2D eigenvalue weighted by atomic mass is 9.74. The third-order valence-corrected chi connectivity index (χ3v) is 7.18. The van der Waals surface area contributed by atoms with Crippen LogP contribution in [0.1, 0.15) is 94.6 Å². The summed E-state index contributed by atoms with van der Waals surface area (Å²) in [4.78, 5) is 0. The van der Waals surface area contributed by atoms with Gasteiger partial charge >= 0.3 is 6.18 Å². The maximum absolute atomic E-state index is 13.9. The first-order valence-corrected chi connectivity index (χ1v) is 11.5. The van der Waals surface area contributed by atoms with E-state index in [9.17, 15) is 22.0 Å². The molecular weight excluding hydrogens is 395 g/mol. The van der Waals surface area contributed by atoms with Crippen molar-refractivity contribution in [2.24, 2.45) is 17.8 Å². The number of hydrogen-bond acceptors (Lipinski definition) is 0. The van der Waals surface area contributed by atoms with Crippen LogP contribution in [0.15, 0.2) is 24.3 Å². The highest BCUT2D eigenvalue weighted by atomic mass is 19.4. The molecule has 0 radical (unpaired) electrons. The van der Waals surface area contributed by atoms with Crippen LogP contribution in [0.5, 0.6) is 0 Å². The van der Waals surface area contributed by atoms with Crippen molar-refractivity contribution in [3.63, 3.8) is 0 Å². The van der Waals surface area contributed by atoms with Crippen LogP contribution >= 0.6 is 0 Å². The average Bonchev–Trinajstić information content (AvgIpc) is 2.70. The largest absolute Gasteiger partial charge is 0.422 e. The summed E-state index contributed by atoms with van der Waals surface area (Å²) >= 11 is 0. The minimum Gasteiger partial charge on any atom is -0.206 e. The third-order valence-electron chi connectivity index (χ3n) is 7.18. The van der Waals surface area contributed by atoms with Crippen molar-refractivity contribution in [3.05, 3.63) is 47.0 Å². The lowest BCUT2D eigenvalue weighted by Crippen LogP contribution is -2.18. The molecule has 3 rings (SSSR count). The van der Waals surface area contributed by atoms with Gasteiger partial charge in [0, 0.05) is 0 Å². The molecule has 1 aromatic carbocycles. The Morgan fingerprint density at radius 2 is 1.33 bits per heavy atom. The van der Waals surface area contributed by atoms with E-state index in [1.165, 1.54) is 38.5 Å². The first-order valence-electron chi connectivity index (χ1n) is 11.5. The number of hydrogen-bond donors (Lipinski definition) is 0. The summed E-state index contributed by atoms with van der Waals surface area (Å²) in [6, 6.07) is 1.78. The molecule has 30 heavy (non-hydrogen) atoms. The van der Waals surface area contributed by atoms with E-state index in [0.717, 1.165) is 56.1 Å². The molecule has 5 heteroatoms. The topological polar surface area (TPSA) is 0 Å². The van der Waals surface area contributed by atoms with Gasteiger partial charge in [0.2, 0.25) is 0 Å². The van der Waals surface area contributed by atoms with Crippen LogP contribution in [0, 0.1) is 29.4 Å².